The molecule has 5 heteroatoms. The number of para-hydroxylation sites is 2. The van der Waals surface area contributed by atoms with Gasteiger partial charge in [-0.1, -0.05) is 66.2 Å². The minimum absolute atomic E-state index is 0.553. The SMILES string of the molecule is Cc1ccc(-c2nnc(NCc3nc4ccccc4[nH]3)c3ccccc23)cc1. The van der Waals surface area contributed by atoms with Crippen LogP contribution >= 0.6 is 0 Å². The molecule has 5 rings (SSSR count). The molecule has 0 fully saturated rings. The van der Waals surface area contributed by atoms with Crippen LogP contribution < -0.4 is 5.32 Å². The highest BCUT2D eigenvalue weighted by molar-refractivity contribution is 6.00. The van der Waals surface area contributed by atoms with Crippen LogP contribution in [-0.4, -0.2) is 20.2 Å². The lowest BCUT2D eigenvalue weighted by atomic mass is 10.0. The maximum atomic E-state index is 4.61. The Morgan fingerprint density at radius 1 is 0.821 bits per heavy atom. The Hall–Kier alpha value is -3.73. The highest BCUT2D eigenvalue weighted by Gasteiger charge is 2.11. The first-order valence-corrected chi connectivity index (χ1v) is 9.28. The van der Waals surface area contributed by atoms with E-state index in [4.69, 9.17) is 0 Å². The monoisotopic (exact) mass is 365 g/mol. The molecule has 0 amide bonds. The zero-order valence-corrected chi connectivity index (χ0v) is 15.5. The van der Waals surface area contributed by atoms with Gasteiger partial charge in [0, 0.05) is 16.3 Å². The zero-order chi connectivity index (χ0) is 18.9. The van der Waals surface area contributed by atoms with E-state index in [2.05, 4.69) is 68.8 Å². The Morgan fingerprint density at radius 2 is 1.57 bits per heavy atom. The molecule has 0 saturated carbocycles. The molecule has 5 nitrogen and oxygen atoms in total. The molecule has 0 saturated heterocycles. The van der Waals surface area contributed by atoms with Crippen molar-refractivity contribution in [2.45, 2.75) is 13.5 Å². The average molecular weight is 365 g/mol. The summed E-state index contributed by atoms with van der Waals surface area (Å²) in [6.07, 6.45) is 0. The molecule has 0 aliphatic carbocycles. The Kier molecular flexibility index (Phi) is 3.98. The number of nitrogens with one attached hydrogen (secondary N) is 2. The highest BCUT2D eigenvalue weighted by atomic mass is 15.2. The lowest BCUT2D eigenvalue weighted by molar-refractivity contribution is 0.973. The van der Waals surface area contributed by atoms with Crippen molar-refractivity contribution >= 4 is 27.6 Å². The summed E-state index contributed by atoms with van der Waals surface area (Å²) in [6.45, 7) is 2.63. The van der Waals surface area contributed by atoms with Gasteiger partial charge in [-0.25, -0.2) is 4.98 Å². The largest absolute Gasteiger partial charge is 0.361 e. The van der Waals surface area contributed by atoms with Crippen LogP contribution in [0, 0.1) is 6.92 Å². The number of imidazole rings is 1. The van der Waals surface area contributed by atoms with Crippen LogP contribution in [0.1, 0.15) is 11.4 Å². The lowest BCUT2D eigenvalue weighted by Crippen LogP contribution is -2.05. The Balaban J connectivity index is 1.50. The number of anilines is 1. The molecule has 3 aromatic carbocycles. The van der Waals surface area contributed by atoms with Crippen molar-refractivity contribution in [1.82, 2.24) is 20.2 Å². The summed E-state index contributed by atoms with van der Waals surface area (Å²) >= 11 is 0. The second-order valence-corrected chi connectivity index (χ2v) is 6.86. The quantitative estimate of drug-likeness (QED) is 0.465. The number of hydrogen-bond acceptors (Lipinski definition) is 4. The number of aromatic amines is 1. The van der Waals surface area contributed by atoms with E-state index in [9.17, 15) is 0 Å². The molecular formula is C23H19N5. The second kappa shape index (κ2) is 6.78. The summed E-state index contributed by atoms with van der Waals surface area (Å²) in [7, 11) is 0. The van der Waals surface area contributed by atoms with Crippen LogP contribution in [-0.2, 0) is 6.54 Å². The number of benzene rings is 3. The van der Waals surface area contributed by atoms with Gasteiger partial charge in [0.25, 0.3) is 0 Å². The van der Waals surface area contributed by atoms with E-state index in [1.165, 1.54) is 5.56 Å². The summed E-state index contributed by atoms with van der Waals surface area (Å²) in [5.74, 6) is 1.63. The summed E-state index contributed by atoms with van der Waals surface area (Å²) in [4.78, 5) is 7.95. The summed E-state index contributed by atoms with van der Waals surface area (Å²) < 4.78 is 0. The maximum Gasteiger partial charge on any atom is 0.156 e. The third-order valence-corrected chi connectivity index (χ3v) is 4.87. The molecule has 0 radical (unpaired) electrons. The van der Waals surface area contributed by atoms with Crippen molar-refractivity contribution in [3.8, 4) is 11.3 Å². The van der Waals surface area contributed by atoms with E-state index in [1.54, 1.807) is 0 Å². The molecule has 2 heterocycles. The molecule has 0 aliphatic rings. The first kappa shape index (κ1) is 16.4. The first-order chi connectivity index (χ1) is 13.8. The van der Waals surface area contributed by atoms with E-state index >= 15 is 0 Å². The fourth-order valence-electron chi connectivity index (χ4n) is 3.42. The smallest absolute Gasteiger partial charge is 0.156 e. The van der Waals surface area contributed by atoms with Crippen LogP contribution in [0.15, 0.2) is 72.8 Å². The highest BCUT2D eigenvalue weighted by Crippen LogP contribution is 2.30. The molecule has 28 heavy (non-hydrogen) atoms. The molecule has 0 bridgehead atoms. The Labute approximate surface area is 162 Å². The number of H-pyrrole nitrogens is 1. The van der Waals surface area contributed by atoms with Gasteiger partial charge in [0.1, 0.15) is 11.5 Å². The van der Waals surface area contributed by atoms with E-state index in [0.717, 1.165) is 44.7 Å². The van der Waals surface area contributed by atoms with Gasteiger partial charge in [0.2, 0.25) is 0 Å². The van der Waals surface area contributed by atoms with Gasteiger partial charge in [0.15, 0.2) is 5.82 Å². The van der Waals surface area contributed by atoms with Gasteiger partial charge in [0.05, 0.1) is 17.6 Å². The van der Waals surface area contributed by atoms with E-state index < -0.39 is 0 Å². The van der Waals surface area contributed by atoms with E-state index in [0.29, 0.717) is 6.54 Å². The minimum Gasteiger partial charge on any atom is -0.361 e. The fraction of sp³-hybridized carbons (Fsp3) is 0.0870. The Bertz CT molecular complexity index is 1240. The Morgan fingerprint density at radius 3 is 2.39 bits per heavy atom. The number of rotatable bonds is 4. The first-order valence-electron chi connectivity index (χ1n) is 9.28. The van der Waals surface area contributed by atoms with Gasteiger partial charge >= 0.3 is 0 Å². The number of aromatic nitrogens is 4. The van der Waals surface area contributed by atoms with Gasteiger partial charge in [-0.15, -0.1) is 10.2 Å². The lowest BCUT2D eigenvalue weighted by Gasteiger charge is -2.10. The van der Waals surface area contributed by atoms with Crippen LogP contribution in [0.25, 0.3) is 33.1 Å². The zero-order valence-electron chi connectivity index (χ0n) is 15.5. The fourth-order valence-corrected chi connectivity index (χ4v) is 3.42. The second-order valence-electron chi connectivity index (χ2n) is 6.86. The minimum atomic E-state index is 0.553. The third-order valence-electron chi connectivity index (χ3n) is 4.87. The molecule has 0 unspecified atom stereocenters. The molecule has 0 atom stereocenters. The number of fused-ring (bicyclic) bond motifs is 2. The van der Waals surface area contributed by atoms with E-state index in [-0.39, 0.29) is 0 Å². The standard InChI is InChI=1S/C23H19N5/c1-15-10-12-16(13-11-15)22-17-6-2-3-7-18(17)23(28-27-22)24-14-21-25-19-8-4-5-9-20(19)26-21/h2-13H,14H2,1H3,(H,24,28)(H,25,26). The summed E-state index contributed by atoms with van der Waals surface area (Å²) in [5, 5.41) is 14.5. The maximum absolute atomic E-state index is 4.61. The topological polar surface area (TPSA) is 66.5 Å². The van der Waals surface area contributed by atoms with Crippen molar-refractivity contribution in [2.24, 2.45) is 0 Å². The third kappa shape index (κ3) is 2.97. The van der Waals surface area contributed by atoms with Gasteiger partial charge < -0.3 is 10.3 Å². The molecule has 2 N–H and O–H groups in total. The normalized spacial score (nSPS) is 11.2. The van der Waals surface area contributed by atoms with Crippen LogP contribution in [0.4, 0.5) is 5.82 Å². The summed E-state index contributed by atoms with van der Waals surface area (Å²) in [6, 6.07) is 24.6. The van der Waals surface area contributed by atoms with Crippen LogP contribution in [0.5, 0.6) is 0 Å². The molecule has 0 aliphatic heterocycles. The predicted molar refractivity (Wildman–Crippen MR) is 113 cm³/mol. The van der Waals surface area contributed by atoms with Crippen LogP contribution in [0.3, 0.4) is 0 Å². The van der Waals surface area contributed by atoms with Crippen molar-refractivity contribution in [3.63, 3.8) is 0 Å². The molecule has 2 aromatic heterocycles. The predicted octanol–water partition coefficient (Wildman–Crippen LogP) is 5.09. The number of aryl methyl sites for hydroxylation is 1. The van der Waals surface area contributed by atoms with Crippen molar-refractivity contribution < 1.29 is 0 Å². The van der Waals surface area contributed by atoms with Gasteiger partial charge in [-0.2, -0.15) is 0 Å². The van der Waals surface area contributed by atoms with Crippen molar-refractivity contribution in [3.05, 3.63) is 84.2 Å². The molecule has 136 valence electrons. The van der Waals surface area contributed by atoms with Crippen molar-refractivity contribution in [1.29, 1.82) is 0 Å². The number of hydrogen-bond donors (Lipinski definition) is 2. The van der Waals surface area contributed by atoms with Gasteiger partial charge in [-0.05, 0) is 19.1 Å². The molecular weight excluding hydrogens is 346 g/mol. The molecule has 0 spiro atoms. The summed E-state index contributed by atoms with van der Waals surface area (Å²) in [5.41, 5.74) is 5.18. The molecule has 5 aromatic rings. The van der Waals surface area contributed by atoms with E-state index in [1.807, 2.05) is 36.4 Å². The van der Waals surface area contributed by atoms with Gasteiger partial charge in [-0.3, -0.25) is 0 Å². The average Bonchev–Trinajstić information content (AvgIpc) is 3.16. The van der Waals surface area contributed by atoms with Crippen LogP contribution in [0.2, 0.25) is 0 Å². The number of nitrogens with zero attached hydrogens (tertiary/aromatic N) is 3. The van der Waals surface area contributed by atoms with Crippen molar-refractivity contribution in [2.75, 3.05) is 5.32 Å².